The molecule has 0 aromatic carbocycles. The van der Waals surface area contributed by atoms with Crippen LogP contribution in [0.5, 0.6) is 0 Å². The molecular weight excluding hydrogens is 470 g/mol. The SMILES string of the molecule is CCC(C)C(N)C(=O)NC(CCC(=O)O)C(=O)NC(CC(N)=O)C(=O)NC(CCC(=O)O)C(=O)O. The highest BCUT2D eigenvalue weighted by Gasteiger charge is 2.32. The Morgan fingerprint density at radius 2 is 1.17 bits per heavy atom. The van der Waals surface area contributed by atoms with Crippen molar-refractivity contribution in [3.05, 3.63) is 0 Å². The fraction of sp³-hybridized carbons (Fsp3) is 0.650. The molecule has 35 heavy (non-hydrogen) atoms. The molecule has 0 aromatic heterocycles. The fourth-order valence-corrected chi connectivity index (χ4v) is 2.80. The lowest BCUT2D eigenvalue weighted by atomic mass is 9.98. The minimum Gasteiger partial charge on any atom is -0.481 e. The van der Waals surface area contributed by atoms with Gasteiger partial charge in [-0.05, 0) is 18.8 Å². The maximum Gasteiger partial charge on any atom is 0.326 e. The van der Waals surface area contributed by atoms with Crippen molar-refractivity contribution in [1.29, 1.82) is 0 Å². The van der Waals surface area contributed by atoms with Crippen LogP contribution in [-0.4, -0.2) is 81.0 Å². The lowest BCUT2D eigenvalue weighted by molar-refractivity contribution is -0.143. The summed E-state index contributed by atoms with van der Waals surface area (Å²) >= 11 is 0. The topological polar surface area (TPSA) is 268 Å². The number of rotatable bonds is 17. The Labute approximate surface area is 201 Å². The van der Waals surface area contributed by atoms with Crippen LogP contribution >= 0.6 is 0 Å². The van der Waals surface area contributed by atoms with E-state index in [-0.39, 0.29) is 12.3 Å². The first-order valence-electron chi connectivity index (χ1n) is 10.8. The molecule has 10 N–H and O–H groups in total. The van der Waals surface area contributed by atoms with Crippen LogP contribution in [0, 0.1) is 5.92 Å². The van der Waals surface area contributed by atoms with Crippen LogP contribution in [0.25, 0.3) is 0 Å². The van der Waals surface area contributed by atoms with E-state index in [4.69, 9.17) is 21.7 Å². The minimum atomic E-state index is -1.68. The predicted octanol–water partition coefficient (Wildman–Crippen LogP) is -2.50. The van der Waals surface area contributed by atoms with E-state index in [0.29, 0.717) is 6.42 Å². The molecule has 0 heterocycles. The van der Waals surface area contributed by atoms with Gasteiger partial charge in [0.2, 0.25) is 23.6 Å². The second-order valence-electron chi connectivity index (χ2n) is 7.97. The van der Waals surface area contributed by atoms with Gasteiger partial charge in [-0.2, -0.15) is 0 Å². The molecule has 0 aliphatic carbocycles. The number of carbonyl (C=O) groups excluding carboxylic acids is 4. The van der Waals surface area contributed by atoms with Gasteiger partial charge in [-0.3, -0.25) is 28.8 Å². The van der Waals surface area contributed by atoms with Crippen molar-refractivity contribution in [2.45, 2.75) is 76.5 Å². The minimum absolute atomic E-state index is 0.259. The monoisotopic (exact) mass is 503 g/mol. The van der Waals surface area contributed by atoms with Crippen LogP contribution < -0.4 is 27.4 Å². The quantitative estimate of drug-likeness (QED) is 0.103. The first-order valence-corrected chi connectivity index (χ1v) is 10.8. The molecule has 0 fully saturated rings. The number of aliphatic carboxylic acids is 3. The third kappa shape index (κ3) is 12.3. The number of carbonyl (C=O) groups is 7. The van der Waals surface area contributed by atoms with Gasteiger partial charge in [-0.25, -0.2) is 4.79 Å². The Balaban J connectivity index is 5.63. The largest absolute Gasteiger partial charge is 0.481 e. The molecule has 15 heteroatoms. The zero-order valence-electron chi connectivity index (χ0n) is 19.5. The summed E-state index contributed by atoms with van der Waals surface area (Å²) in [6, 6.07) is -5.77. The third-order valence-corrected chi connectivity index (χ3v) is 5.14. The van der Waals surface area contributed by atoms with Gasteiger partial charge in [0.25, 0.3) is 0 Å². The lowest BCUT2D eigenvalue weighted by Gasteiger charge is -2.25. The van der Waals surface area contributed by atoms with Gasteiger partial charge in [0.15, 0.2) is 0 Å². The van der Waals surface area contributed by atoms with Gasteiger partial charge in [0, 0.05) is 12.8 Å². The molecule has 0 aliphatic heterocycles. The number of primary amides is 1. The summed E-state index contributed by atoms with van der Waals surface area (Å²) in [7, 11) is 0. The van der Waals surface area contributed by atoms with Crippen LogP contribution in [0.4, 0.5) is 0 Å². The standard InChI is InChI=1S/C20H33N5O10/c1-3-9(2)16(22)19(33)23-10(4-6-14(27)28)17(31)25-12(8-13(21)26)18(32)24-11(20(34)35)5-7-15(29)30/h9-12,16H,3-8,22H2,1-2H3,(H2,21,26)(H,23,33)(H,24,32)(H,25,31)(H,27,28)(H,29,30)(H,34,35). The average Bonchev–Trinajstić information content (AvgIpc) is 2.76. The summed E-state index contributed by atoms with van der Waals surface area (Å²) in [6.45, 7) is 3.49. The highest BCUT2D eigenvalue weighted by Crippen LogP contribution is 2.08. The number of amides is 4. The maximum absolute atomic E-state index is 12.8. The van der Waals surface area contributed by atoms with E-state index in [1.54, 1.807) is 13.8 Å². The van der Waals surface area contributed by atoms with Crippen molar-refractivity contribution < 1.29 is 48.9 Å². The molecule has 5 atom stereocenters. The molecule has 4 amide bonds. The van der Waals surface area contributed by atoms with Gasteiger partial charge >= 0.3 is 17.9 Å². The van der Waals surface area contributed by atoms with Crippen molar-refractivity contribution in [1.82, 2.24) is 16.0 Å². The highest BCUT2D eigenvalue weighted by molar-refractivity contribution is 5.96. The Kier molecular flexibility index (Phi) is 13.6. The van der Waals surface area contributed by atoms with E-state index in [0.717, 1.165) is 0 Å². The normalized spacial score (nSPS) is 14.9. The van der Waals surface area contributed by atoms with Gasteiger partial charge in [-0.15, -0.1) is 0 Å². The van der Waals surface area contributed by atoms with Gasteiger partial charge in [-0.1, -0.05) is 20.3 Å². The maximum atomic E-state index is 12.8. The second kappa shape index (κ2) is 15.2. The molecule has 0 radical (unpaired) electrons. The molecule has 198 valence electrons. The number of hydrogen-bond acceptors (Lipinski definition) is 8. The number of carboxylic acid groups (broad SMARTS) is 3. The molecule has 0 spiro atoms. The van der Waals surface area contributed by atoms with Crippen molar-refractivity contribution in [2.24, 2.45) is 17.4 Å². The highest BCUT2D eigenvalue weighted by atomic mass is 16.4. The molecule has 5 unspecified atom stereocenters. The molecule has 0 bridgehead atoms. The van der Waals surface area contributed by atoms with Crippen LogP contribution in [0.15, 0.2) is 0 Å². The summed E-state index contributed by atoms with van der Waals surface area (Å²) < 4.78 is 0. The molecule has 0 aromatic rings. The Hall–Kier alpha value is -3.75. The average molecular weight is 504 g/mol. The van der Waals surface area contributed by atoms with Crippen molar-refractivity contribution >= 4 is 41.5 Å². The zero-order valence-corrected chi connectivity index (χ0v) is 19.5. The summed E-state index contributed by atoms with van der Waals surface area (Å²) in [5.74, 6) is -8.32. The van der Waals surface area contributed by atoms with E-state index in [1.807, 2.05) is 5.32 Å². The first-order chi connectivity index (χ1) is 16.2. The van der Waals surface area contributed by atoms with Gasteiger partial charge in [0.1, 0.15) is 18.1 Å². The van der Waals surface area contributed by atoms with E-state index in [1.165, 1.54) is 0 Å². The Morgan fingerprint density at radius 1 is 0.743 bits per heavy atom. The number of hydrogen-bond donors (Lipinski definition) is 8. The summed E-state index contributed by atoms with van der Waals surface area (Å²) in [5.41, 5.74) is 11.0. The Morgan fingerprint density at radius 3 is 1.60 bits per heavy atom. The van der Waals surface area contributed by atoms with Gasteiger partial charge < -0.3 is 42.7 Å². The Bertz CT molecular complexity index is 818. The van der Waals surface area contributed by atoms with Crippen LogP contribution in [0.2, 0.25) is 0 Å². The van der Waals surface area contributed by atoms with Crippen molar-refractivity contribution in [2.75, 3.05) is 0 Å². The number of carboxylic acids is 3. The van der Waals surface area contributed by atoms with Crippen LogP contribution in [0.1, 0.15) is 52.4 Å². The molecule has 0 saturated carbocycles. The zero-order chi connectivity index (χ0) is 27.3. The molecule has 0 saturated heterocycles. The molecule has 0 rings (SSSR count). The van der Waals surface area contributed by atoms with Gasteiger partial charge in [0.05, 0.1) is 12.5 Å². The van der Waals surface area contributed by atoms with E-state index in [2.05, 4.69) is 10.6 Å². The van der Waals surface area contributed by atoms with E-state index >= 15 is 0 Å². The molecular formula is C20H33N5O10. The smallest absolute Gasteiger partial charge is 0.326 e. The summed E-state index contributed by atoms with van der Waals surface area (Å²) in [5, 5.41) is 33.4. The molecule has 0 aliphatic rings. The van der Waals surface area contributed by atoms with Crippen LogP contribution in [0.3, 0.4) is 0 Å². The van der Waals surface area contributed by atoms with E-state index < -0.39 is 91.4 Å². The fourth-order valence-electron chi connectivity index (χ4n) is 2.80. The van der Waals surface area contributed by atoms with E-state index in [9.17, 15) is 38.7 Å². The number of nitrogens with two attached hydrogens (primary N) is 2. The van der Waals surface area contributed by atoms with Crippen LogP contribution in [-0.2, 0) is 33.6 Å². The second-order valence-corrected chi connectivity index (χ2v) is 7.97. The lowest BCUT2D eigenvalue weighted by Crippen LogP contribution is -2.58. The van der Waals surface area contributed by atoms with Crippen molar-refractivity contribution in [3.63, 3.8) is 0 Å². The summed E-state index contributed by atoms with van der Waals surface area (Å²) in [4.78, 5) is 82.2. The summed E-state index contributed by atoms with van der Waals surface area (Å²) in [6.07, 6.45) is -2.16. The van der Waals surface area contributed by atoms with Crippen molar-refractivity contribution in [3.8, 4) is 0 Å². The third-order valence-electron chi connectivity index (χ3n) is 5.14. The first kappa shape index (κ1) is 31.2. The number of nitrogens with one attached hydrogen (secondary N) is 3. The predicted molar refractivity (Wildman–Crippen MR) is 118 cm³/mol. The molecule has 15 nitrogen and oxygen atoms in total.